The molecule has 3 heteroatoms. The monoisotopic (exact) mass is 241 g/mol. The first-order valence-electron chi connectivity index (χ1n) is 5.72. The maximum Gasteiger partial charge on any atom is 0.274 e. The first kappa shape index (κ1) is 12.3. The second-order valence-electron chi connectivity index (χ2n) is 4.03. The molecule has 2 aromatic carbocycles. The van der Waals surface area contributed by atoms with Gasteiger partial charge >= 0.3 is 0 Å². The van der Waals surface area contributed by atoms with Gasteiger partial charge in [0, 0.05) is 5.56 Å². The smallest absolute Gasteiger partial charge is 0.274 e. The first-order valence-corrected chi connectivity index (χ1v) is 5.72. The van der Waals surface area contributed by atoms with E-state index in [2.05, 4.69) is 23.3 Å². The van der Waals surface area contributed by atoms with Gasteiger partial charge in [0.1, 0.15) is 0 Å². The lowest BCUT2D eigenvalue weighted by Gasteiger charge is -2.08. The summed E-state index contributed by atoms with van der Waals surface area (Å²) < 4.78 is 0. The van der Waals surface area contributed by atoms with Crippen LogP contribution in [-0.4, -0.2) is 13.0 Å². The van der Waals surface area contributed by atoms with Crippen molar-refractivity contribution in [3.05, 3.63) is 59.7 Å². The molecule has 0 unspecified atom stereocenters. The molecule has 1 amide bonds. The molecule has 0 aliphatic carbocycles. The maximum atomic E-state index is 11.7. The zero-order chi connectivity index (χ0) is 13.0. The summed E-state index contributed by atoms with van der Waals surface area (Å²) in [7, 11) is 1.42. The van der Waals surface area contributed by atoms with E-state index in [0.717, 1.165) is 11.1 Å². The summed E-state index contributed by atoms with van der Waals surface area (Å²) in [5.74, 6) is -0.243. The van der Waals surface area contributed by atoms with Gasteiger partial charge in [-0.3, -0.25) is 9.63 Å². The van der Waals surface area contributed by atoms with Crippen LogP contribution in [0.3, 0.4) is 0 Å². The molecular weight excluding hydrogens is 226 g/mol. The Balaban J connectivity index is 2.39. The Morgan fingerprint density at radius 3 is 2.61 bits per heavy atom. The number of aryl methyl sites for hydroxylation is 1. The van der Waals surface area contributed by atoms with Gasteiger partial charge in [0.05, 0.1) is 7.11 Å². The van der Waals surface area contributed by atoms with Crippen LogP contribution >= 0.6 is 0 Å². The van der Waals surface area contributed by atoms with Crippen LogP contribution in [0.5, 0.6) is 0 Å². The van der Waals surface area contributed by atoms with Gasteiger partial charge in [-0.1, -0.05) is 36.4 Å². The summed E-state index contributed by atoms with van der Waals surface area (Å²) in [6.45, 7) is 2.05. The van der Waals surface area contributed by atoms with Crippen LogP contribution in [0.25, 0.3) is 11.1 Å². The number of benzene rings is 2. The summed E-state index contributed by atoms with van der Waals surface area (Å²) in [5.41, 5.74) is 6.23. The molecule has 0 aliphatic rings. The van der Waals surface area contributed by atoms with Crippen LogP contribution in [0.1, 0.15) is 15.9 Å². The first-order chi connectivity index (χ1) is 8.72. The standard InChI is InChI=1S/C15H15NO2/c1-11-6-3-4-9-14(11)12-7-5-8-13(10-12)15(17)16-18-2/h3-10H,1-2H3,(H,16,17). The van der Waals surface area contributed by atoms with Crippen molar-refractivity contribution in [3.8, 4) is 11.1 Å². The molecule has 0 saturated heterocycles. The fourth-order valence-corrected chi connectivity index (χ4v) is 1.88. The predicted octanol–water partition coefficient (Wildman–Crippen LogP) is 2.95. The Morgan fingerprint density at radius 1 is 1.11 bits per heavy atom. The second kappa shape index (κ2) is 5.47. The van der Waals surface area contributed by atoms with Crippen LogP contribution in [0.15, 0.2) is 48.5 Å². The Bertz CT molecular complexity index is 564. The van der Waals surface area contributed by atoms with Gasteiger partial charge in [-0.2, -0.15) is 0 Å². The molecule has 0 saturated carbocycles. The topological polar surface area (TPSA) is 38.3 Å². The fourth-order valence-electron chi connectivity index (χ4n) is 1.88. The van der Waals surface area contributed by atoms with E-state index in [1.807, 2.05) is 36.4 Å². The summed E-state index contributed by atoms with van der Waals surface area (Å²) in [6.07, 6.45) is 0. The lowest BCUT2D eigenvalue weighted by atomic mass is 9.99. The highest BCUT2D eigenvalue weighted by Gasteiger charge is 2.07. The van der Waals surface area contributed by atoms with Crippen LogP contribution < -0.4 is 5.48 Å². The van der Waals surface area contributed by atoms with Crippen LogP contribution in [0.4, 0.5) is 0 Å². The van der Waals surface area contributed by atoms with E-state index in [0.29, 0.717) is 5.56 Å². The van der Waals surface area contributed by atoms with Crippen molar-refractivity contribution >= 4 is 5.91 Å². The molecule has 1 N–H and O–H groups in total. The van der Waals surface area contributed by atoms with Crippen molar-refractivity contribution in [1.29, 1.82) is 0 Å². The number of amides is 1. The lowest BCUT2D eigenvalue weighted by molar-refractivity contribution is 0.0537. The molecule has 0 atom stereocenters. The molecule has 18 heavy (non-hydrogen) atoms. The minimum absolute atomic E-state index is 0.243. The summed E-state index contributed by atoms with van der Waals surface area (Å²) in [6, 6.07) is 15.6. The molecule has 0 bridgehead atoms. The van der Waals surface area contributed by atoms with Crippen LogP contribution in [0, 0.1) is 6.92 Å². The van der Waals surface area contributed by atoms with Crippen molar-refractivity contribution in [2.24, 2.45) is 0 Å². The van der Waals surface area contributed by atoms with Gasteiger partial charge in [0.25, 0.3) is 5.91 Å². The molecule has 0 heterocycles. The molecular formula is C15H15NO2. The minimum Gasteiger partial charge on any atom is -0.277 e. The normalized spacial score (nSPS) is 10.1. The molecule has 92 valence electrons. The second-order valence-corrected chi connectivity index (χ2v) is 4.03. The van der Waals surface area contributed by atoms with Crippen molar-refractivity contribution in [1.82, 2.24) is 5.48 Å². The summed E-state index contributed by atoms with van der Waals surface area (Å²) in [5, 5.41) is 0. The third-order valence-electron chi connectivity index (χ3n) is 2.78. The number of hydrogen-bond acceptors (Lipinski definition) is 2. The molecule has 3 nitrogen and oxygen atoms in total. The quantitative estimate of drug-likeness (QED) is 0.839. The van der Waals surface area contributed by atoms with E-state index in [4.69, 9.17) is 0 Å². The number of nitrogens with one attached hydrogen (secondary N) is 1. The largest absolute Gasteiger partial charge is 0.277 e. The minimum atomic E-state index is -0.243. The summed E-state index contributed by atoms with van der Waals surface area (Å²) in [4.78, 5) is 16.3. The van der Waals surface area contributed by atoms with Gasteiger partial charge in [0.2, 0.25) is 0 Å². The van der Waals surface area contributed by atoms with Gasteiger partial charge in [-0.25, -0.2) is 5.48 Å². The number of hydrogen-bond donors (Lipinski definition) is 1. The Labute approximate surface area is 106 Å². The van der Waals surface area contributed by atoms with Gasteiger partial charge in [-0.15, -0.1) is 0 Å². The van der Waals surface area contributed by atoms with E-state index >= 15 is 0 Å². The van der Waals surface area contributed by atoms with E-state index in [9.17, 15) is 4.79 Å². The van der Waals surface area contributed by atoms with Gasteiger partial charge in [0.15, 0.2) is 0 Å². The highest BCUT2D eigenvalue weighted by molar-refractivity contribution is 5.94. The van der Waals surface area contributed by atoms with E-state index < -0.39 is 0 Å². The molecule has 2 rings (SSSR count). The predicted molar refractivity (Wildman–Crippen MR) is 71.1 cm³/mol. The molecule has 0 fully saturated rings. The van der Waals surface area contributed by atoms with E-state index in [1.165, 1.54) is 12.7 Å². The molecule has 2 aromatic rings. The van der Waals surface area contributed by atoms with Crippen molar-refractivity contribution in [2.45, 2.75) is 6.92 Å². The molecule has 0 aliphatic heterocycles. The Morgan fingerprint density at radius 2 is 1.89 bits per heavy atom. The van der Waals surface area contributed by atoms with Crippen molar-refractivity contribution in [3.63, 3.8) is 0 Å². The van der Waals surface area contributed by atoms with Crippen molar-refractivity contribution in [2.75, 3.05) is 7.11 Å². The van der Waals surface area contributed by atoms with Gasteiger partial charge < -0.3 is 0 Å². The molecule has 0 radical (unpaired) electrons. The lowest BCUT2D eigenvalue weighted by Crippen LogP contribution is -2.21. The highest BCUT2D eigenvalue weighted by atomic mass is 16.6. The van der Waals surface area contributed by atoms with Crippen LogP contribution in [-0.2, 0) is 4.84 Å². The average Bonchev–Trinajstić information content (AvgIpc) is 2.40. The Kier molecular flexibility index (Phi) is 3.75. The SMILES string of the molecule is CONC(=O)c1cccc(-c2ccccc2C)c1. The number of hydroxylamine groups is 1. The van der Waals surface area contributed by atoms with Crippen LogP contribution in [0.2, 0.25) is 0 Å². The zero-order valence-corrected chi connectivity index (χ0v) is 10.4. The van der Waals surface area contributed by atoms with Gasteiger partial charge in [-0.05, 0) is 35.7 Å². The maximum absolute atomic E-state index is 11.7. The van der Waals surface area contributed by atoms with Crippen molar-refractivity contribution < 1.29 is 9.63 Å². The molecule has 0 spiro atoms. The molecule has 0 aromatic heterocycles. The third-order valence-corrected chi connectivity index (χ3v) is 2.78. The fraction of sp³-hybridized carbons (Fsp3) is 0.133. The highest BCUT2D eigenvalue weighted by Crippen LogP contribution is 2.23. The number of carbonyl (C=O) groups excluding carboxylic acids is 1. The number of rotatable bonds is 3. The third kappa shape index (κ3) is 2.57. The van der Waals surface area contributed by atoms with E-state index in [1.54, 1.807) is 6.07 Å². The number of carbonyl (C=O) groups is 1. The average molecular weight is 241 g/mol. The summed E-state index contributed by atoms with van der Waals surface area (Å²) >= 11 is 0. The Hall–Kier alpha value is -2.13. The zero-order valence-electron chi connectivity index (χ0n) is 10.4. The van der Waals surface area contributed by atoms with E-state index in [-0.39, 0.29) is 5.91 Å².